The fourth-order valence-corrected chi connectivity index (χ4v) is 9.52. The average Bonchev–Trinajstić information content (AvgIpc) is 4.46. The topological polar surface area (TPSA) is 280 Å². The van der Waals surface area contributed by atoms with Gasteiger partial charge in [0.25, 0.3) is 11.8 Å². The zero-order valence-corrected chi connectivity index (χ0v) is 47.6. The Morgan fingerprint density at radius 1 is 0.716 bits per heavy atom. The fraction of sp³-hybridized carbons (Fsp3) is 0.351. The van der Waals surface area contributed by atoms with E-state index in [1.54, 1.807) is 18.5 Å². The Labute approximate surface area is 478 Å². The van der Waals surface area contributed by atoms with Crippen molar-refractivity contribution in [2.75, 3.05) is 10.6 Å². The summed E-state index contributed by atoms with van der Waals surface area (Å²) in [6.45, 7) is 13.3. The smallest absolute Gasteiger partial charge is 0.442 e. The number of halogens is 1. The van der Waals surface area contributed by atoms with Crippen LogP contribution in [0.5, 0.6) is 0 Å². The first-order valence-electron chi connectivity index (χ1n) is 26.7. The van der Waals surface area contributed by atoms with E-state index in [0.717, 1.165) is 54.0 Å². The van der Waals surface area contributed by atoms with Crippen LogP contribution in [0.4, 0.5) is 16.2 Å². The largest absolute Gasteiger partial charge is 0.516 e. The molecule has 5 aliphatic heterocycles. The number of benzene rings is 4. The summed E-state index contributed by atoms with van der Waals surface area (Å²) in [4.78, 5) is 71.3. The zero-order chi connectivity index (χ0) is 57.5. The van der Waals surface area contributed by atoms with Crippen molar-refractivity contribution >= 4 is 81.4 Å². The Balaban J connectivity index is 0.000000150. The molecule has 6 aromatic rings. The Morgan fingerprint density at radius 2 is 1.23 bits per heavy atom. The van der Waals surface area contributed by atoms with Crippen molar-refractivity contribution in [3.8, 4) is 11.3 Å². The Kier molecular flexibility index (Phi) is 17.6. The van der Waals surface area contributed by atoms with Gasteiger partial charge in [-0.05, 0) is 144 Å². The summed E-state index contributed by atoms with van der Waals surface area (Å²) < 4.78 is 19.2. The van der Waals surface area contributed by atoms with Gasteiger partial charge in [0.15, 0.2) is 0 Å². The number of H-pyrrole nitrogens is 1. The van der Waals surface area contributed by atoms with Crippen LogP contribution in [0.25, 0.3) is 11.3 Å². The molecule has 2 unspecified atom stereocenters. The number of nitrogens with one attached hydrogen (secondary N) is 9. The van der Waals surface area contributed by atoms with Crippen LogP contribution >= 0.6 is 15.9 Å². The minimum absolute atomic E-state index is 0.182. The lowest BCUT2D eigenvalue weighted by atomic mass is 9.85. The molecule has 1 saturated heterocycles. The molecule has 7 heterocycles. The second-order valence-electron chi connectivity index (χ2n) is 21.9. The summed E-state index contributed by atoms with van der Waals surface area (Å²) in [6.07, 6.45) is 5.93. The van der Waals surface area contributed by atoms with Gasteiger partial charge in [-0.2, -0.15) is 14.9 Å². The number of nitrogens with zero attached hydrogens (tertiary/aromatic N) is 5. The Morgan fingerprint density at radius 3 is 1.74 bits per heavy atom. The number of amidine groups is 2. The third-order valence-electron chi connectivity index (χ3n) is 14.1. The molecule has 5 aliphatic rings. The van der Waals surface area contributed by atoms with E-state index in [1.807, 2.05) is 152 Å². The van der Waals surface area contributed by atoms with Crippen molar-refractivity contribution in [1.82, 2.24) is 52.3 Å². The van der Waals surface area contributed by atoms with Gasteiger partial charge in [-0.25, -0.2) is 25.6 Å². The van der Waals surface area contributed by atoms with Gasteiger partial charge in [-0.3, -0.25) is 35.1 Å². The minimum atomic E-state index is -0.650. The minimum Gasteiger partial charge on any atom is -0.442 e. The van der Waals surface area contributed by atoms with Crippen molar-refractivity contribution in [2.45, 2.75) is 128 Å². The molecule has 11 rings (SSSR count). The van der Waals surface area contributed by atoms with Gasteiger partial charge in [0.05, 0.1) is 22.5 Å². The van der Waals surface area contributed by atoms with Crippen LogP contribution in [0.3, 0.4) is 0 Å². The van der Waals surface area contributed by atoms with Crippen molar-refractivity contribution in [3.63, 3.8) is 0 Å². The molecule has 0 bridgehead atoms. The molecule has 9 N–H and O–H groups in total. The number of aromatic amines is 1. The number of anilines is 2. The van der Waals surface area contributed by atoms with E-state index < -0.39 is 53.9 Å². The van der Waals surface area contributed by atoms with E-state index in [1.165, 1.54) is 0 Å². The number of aryl methyl sites for hydroxylation is 2. The van der Waals surface area contributed by atoms with E-state index in [2.05, 4.69) is 84.2 Å². The van der Waals surface area contributed by atoms with Gasteiger partial charge in [0.1, 0.15) is 30.0 Å². The first kappa shape index (κ1) is 57.7. The monoisotopic (exact) mass is 1160 g/mol. The van der Waals surface area contributed by atoms with Crippen molar-refractivity contribution < 1.29 is 38.0 Å². The Bertz CT molecular complexity index is 3300. The molecular weight excluding hydrogens is 1100 g/mol. The standard InChI is InChI=1S/C23H23N7O2.C20H20BrN5O2.C14H23BN2O4/c31-22-19(9-7-15-13-16(6-8-17(15)25-22)18-10-11-24-28-18)26-23(32)21-27-20(29-30-21)12-14-4-2-1-3-5-14;21-14-7-9-15-13(11-14)6-8-16(19(27)22-15)23-20(28)18-24-17(25-26-18)10-12-4-2-1-3-5-12;1-12(2,3)19-11(18)17-9-8-10(16-17)15-20-13(4,5)14(6,7)21-15/h1-6,8,10-11,13,19-20,29H,7,9,12H2,(H,24,28)(H,25,31)(H,26,32)(H,27,30);1-5,7,9,11,16-17,25H,6,8,10H2,(H,22,27)(H,23,28)(H,24,26);8-9H,1-7H3/t19-,20?;16-,17?;/m00./s1. The molecule has 1 fully saturated rings. The van der Waals surface area contributed by atoms with Gasteiger partial charge in [0.2, 0.25) is 23.5 Å². The predicted octanol–water partition coefficient (Wildman–Crippen LogP) is 5.38. The first-order chi connectivity index (χ1) is 38.6. The molecule has 22 nitrogen and oxygen atoms in total. The molecule has 4 aromatic carbocycles. The van der Waals surface area contributed by atoms with Crippen molar-refractivity contribution in [3.05, 3.63) is 148 Å². The van der Waals surface area contributed by atoms with Crippen LogP contribution in [-0.4, -0.2) is 110 Å². The average molecular weight is 1170 g/mol. The lowest BCUT2D eigenvalue weighted by Gasteiger charge is -2.32. The Hall–Kier alpha value is -8.03. The molecule has 422 valence electrons. The van der Waals surface area contributed by atoms with Gasteiger partial charge in [-0.15, -0.1) is 0 Å². The van der Waals surface area contributed by atoms with Crippen LogP contribution in [0.1, 0.15) is 83.6 Å². The lowest BCUT2D eigenvalue weighted by Crippen LogP contribution is -2.49. The zero-order valence-electron chi connectivity index (χ0n) is 46.1. The van der Waals surface area contributed by atoms with Gasteiger partial charge < -0.3 is 35.3 Å². The summed E-state index contributed by atoms with van der Waals surface area (Å²) >= 11 is 3.45. The highest BCUT2D eigenvalue weighted by molar-refractivity contribution is 9.10. The third-order valence-corrected chi connectivity index (χ3v) is 14.6. The summed E-state index contributed by atoms with van der Waals surface area (Å²) in [5.74, 6) is -0.881. The number of hydrogen-bond donors (Lipinski definition) is 9. The van der Waals surface area contributed by atoms with E-state index >= 15 is 0 Å². The molecule has 0 aliphatic carbocycles. The second-order valence-corrected chi connectivity index (χ2v) is 22.8. The van der Waals surface area contributed by atoms with E-state index in [9.17, 15) is 24.0 Å². The summed E-state index contributed by atoms with van der Waals surface area (Å²) in [5, 5.41) is 22.6. The van der Waals surface area contributed by atoms with E-state index in [0.29, 0.717) is 44.1 Å². The van der Waals surface area contributed by atoms with Gasteiger partial charge >= 0.3 is 13.2 Å². The second kappa shape index (κ2) is 24.8. The highest BCUT2D eigenvalue weighted by atomic mass is 79.9. The number of carbonyl (C=O) groups excluding carboxylic acids is 5. The first-order valence-corrected chi connectivity index (χ1v) is 27.5. The molecular formula is C57H66BBrN14O8. The van der Waals surface area contributed by atoms with Crippen molar-refractivity contribution in [2.24, 2.45) is 9.98 Å². The molecule has 4 atom stereocenters. The molecule has 24 heteroatoms. The quantitative estimate of drug-likeness (QED) is 0.0780. The van der Waals surface area contributed by atoms with Gasteiger partial charge in [0, 0.05) is 41.1 Å². The van der Waals surface area contributed by atoms with Gasteiger partial charge in [-0.1, -0.05) is 82.7 Å². The maximum atomic E-state index is 12.7. The lowest BCUT2D eigenvalue weighted by molar-refractivity contribution is -0.123. The molecule has 0 saturated carbocycles. The van der Waals surface area contributed by atoms with Crippen LogP contribution in [-0.2, 0) is 58.9 Å². The number of fused-ring (bicyclic) bond motifs is 2. The van der Waals surface area contributed by atoms with Crippen LogP contribution in [0.15, 0.2) is 136 Å². The molecule has 0 spiro atoms. The number of carbonyl (C=O) groups is 5. The third kappa shape index (κ3) is 14.9. The summed E-state index contributed by atoms with van der Waals surface area (Å²) in [6, 6.07) is 33.8. The van der Waals surface area contributed by atoms with Crippen LogP contribution in [0, 0.1) is 0 Å². The number of aliphatic imine (C=N–C) groups is 2. The number of ether oxygens (including phenoxy) is 1. The number of hydrazine groups is 2. The molecule has 81 heavy (non-hydrogen) atoms. The predicted molar refractivity (Wildman–Crippen MR) is 311 cm³/mol. The molecule has 2 aromatic heterocycles. The van der Waals surface area contributed by atoms with Crippen LogP contribution in [0.2, 0.25) is 0 Å². The highest BCUT2D eigenvalue weighted by Gasteiger charge is 2.52. The normalized spacial score (nSPS) is 20.5. The maximum absolute atomic E-state index is 12.7. The summed E-state index contributed by atoms with van der Waals surface area (Å²) in [5.41, 5.74) is 18.5. The number of amides is 4. The van der Waals surface area contributed by atoms with E-state index in [4.69, 9.17) is 14.0 Å². The SMILES string of the molecule is CC(C)(C)OC(=O)n1ccc(B2OC(C)(C)C(C)(C)O2)n1.O=C(N[C@H]1CCc2cc(-c3ccn[nH]3)ccc2NC1=O)C1=NC(Cc2ccccc2)NN1.O=C(N[C@H]1CCc2cc(Br)ccc2NC1=O)C1=NC(Cc2ccccc2)NN1. The van der Waals surface area contributed by atoms with Crippen LogP contribution < -0.4 is 48.6 Å². The number of aromatic nitrogens is 4. The maximum Gasteiger partial charge on any atom is 0.516 e. The highest BCUT2D eigenvalue weighted by Crippen LogP contribution is 2.36. The van der Waals surface area contributed by atoms with Crippen molar-refractivity contribution in [1.29, 1.82) is 0 Å². The molecule has 4 amide bonds. The number of rotatable bonds is 10. The summed E-state index contributed by atoms with van der Waals surface area (Å²) in [7, 11) is -0.585. The fourth-order valence-electron chi connectivity index (χ4n) is 9.11. The van der Waals surface area contributed by atoms with E-state index in [-0.39, 0.29) is 35.8 Å². The molecule has 0 radical (unpaired) electrons. The number of hydrogen-bond acceptors (Lipinski definition) is 16.